The Morgan fingerprint density at radius 3 is 2.22 bits per heavy atom. The van der Waals surface area contributed by atoms with Crippen LogP contribution in [-0.2, 0) is 13.0 Å². The Morgan fingerprint density at radius 2 is 1.50 bits per heavy atom. The van der Waals surface area contributed by atoms with E-state index in [2.05, 4.69) is 65.6 Å². The number of aromatic nitrogens is 1. The maximum absolute atomic E-state index is 6.41. The monoisotopic (exact) mass is 479 g/mol. The minimum atomic E-state index is 0.160. The molecule has 36 heavy (non-hydrogen) atoms. The lowest BCUT2D eigenvalue weighted by atomic mass is 9.86. The van der Waals surface area contributed by atoms with Crippen LogP contribution in [0.5, 0.6) is 17.2 Å². The van der Waals surface area contributed by atoms with Gasteiger partial charge in [-0.25, -0.2) is 0 Å². The van der Waals surface area contributed by atoms with E-state index >= 15 is 0 Å². The Kier molecular flexibility index (Phi) is 7.82. The van der Waals surface area contributed by atoms with Crippen molar-refractivity contribution in [3.8, 4) is 17.2 Å². The van der Waals surface area contributed by atoms with Gasteiger partial charge in [-0.15, -0.1) is 0 Å². The summed E-state index contributed by atoms with van der Waals surface area (Å²) in [7, 11) is 1.71. The van der Waals surface area contributed by atoms with Crippen LogP contribution in [0.15, 0.2) is 97.3 Å². The molecule has 1 aliphatic rings. The highest BCUT2D eigenvalue weighted by atomic mass is 16.5. The molecule has 1 fully saturated rings. The number of hydrogen-bond acceptors (Lipinski definition) is 4. The number of ether oxygens (including phenoxy) is 3. The summed E-state index contributed by atoms with van der Waals surface area (Å²) in [5.41, 5.74) is 4.84. The highest BCUT2D eigenvalue weighted by Gasteiger charge is 2.21. The van der Waals surface area contributed by atoms with Gasteiger partial charge >= 0.3 is 0 Å². The molecule has 1 saturated carbocycles. The molecule has 4 aromatic rings. The van der Waals surface area contributed by atoms with Crippen molar-refractivity contribution in [1.82, 2.24) is 4.98 Å². The van der Waals surface area contributed by atoms with Crippen molar-refractivity contribution in [2.24, 2.45) is 0 Å². The first-order chi connectivity index (χ1) is 17.8. The van der Waals surface area contributed by atoms with Crippen molar-refractivity contribution >= 4 is 0 Å². The number of benzene rings is 3. The Hall–Kier alpha value is -3.79. The average molecular weight is 480 g/mol. The molecule has 5 rings (SSSR count). The van der Waals surface area contributed by atoms with Crippen LogP contribution in [0.1, 0.15) is 53.9 Å². The Labute approximate surface area is 213 Å². The second kappa shape index (κ2) is 11.8. The van der Waals surface area contributed by atoms with Gasteiger partial charge in [-0.1, -0.05) is 48.5 Å². The molecule has 0 unspecified atom stereocenters. The van der Waals surface area contributed by atoms with Crippen molar-refractivity contribution < 1.29 is 14.2 Å². The van der Waals surface area contributed by atoms with E-state index in [1.54, 1.807) is 7.11 Å². The predicted molar refractivity (Wildman–Crippen MR) is 143 cm³/mol. The van der Waals surface area contributed by atoms with E-state index in [1.807, 2.05) is 36.7 Å². The third-order valence-corrected chi connectivity index (χ3v) is 6.91. The molecule has 0 saturated heterocycles. The molecule has 3 aromatic carbocycles. The molecule has 4 nitrogen and oxygen atoms in total. The SMILES string of the molecule is COc1ccc([C@H](Cc2ccncc2)c2ccc(OCc3ccccc3)cc2)cc1OC1CCCC1. The molecule has 1 aromatic heterocycles. The van der Waals surface area contributed by atoms with Crippen LogP contribution >= 0.6 is 0 Å². The molecular weight excluding hydrogens is 446 g/mol. The zero-order valence-corrected chi connectivity index (χ0v) is 20.8. The first-order valence-electron chi connectivity index (χ1n) is 12.8. The second-order valence-corrected chi connectivity index (χ2v) is 9.39. The fourth-order valence-corrected chi connectivity index (χ4v) is 4.91. The van der Waals surface area contributed by atoms with E-state index in [1.165, 1.54) is 29.5 Å². The van der Waals surface area contributed by atoms with Crippen LogP contribution in [0.25, 0.3) is 0 Å². The van der Waals surface area contributed by atoms with E-state index in [-0.39, 0.29) is 12.0 Å². The maximum Gasteiger partial charge on any atom is 0.161 e. The fraction of sp³-hybridized carbons (Fsp3) is 0.281. The quantitative estimate of drug-likeness (QED) is 0.238. The number of nitrogens with zero attached hydrogens (tertiary/aromatic N) is 1. The maximum atomic E-state index is 6.41. The van der Waals surface area contributed by atoms with Gasteiger partial charge in [-0.3, -0.25) is 4.98 Å². The lowest BCUT2D eigenvalue weighted by molar-refractivity contribution is 0.200. The largest absolute Gasteiger partial charge is 0.493 e. The minimum absolute atomic E-state index is 0.160. The molecule has 1 atom stereocenters. The molecule has 1 aliphatic carbocycles. The summed E-state index contributed by atoms with van der Waals surface area (Å²) in [4.78, 5) is 4.20. The van der Waals surface area contributed by atoms with Gasteiger partial charge in [-0.05, 0) is 90.8 Å². The van der Waals surface area contributed by atoms with Crippen LogP contribution < -0.4 is 14.2 Å². The third kappa shape index (κ3) is 6.06. The highest BCUT2D eigenvalue weighted by Crippen LogP contribution is 2.37. The molecule has 0 amide bonds. The molecule has 184 valence electrons. The number of hydrogen-bond donors (Lipinski definition) is 0. The summed E-state index contributed by atoms with van der Waals surface area (Å²) in [6, 6.07) is 29.3. The van der Waals surface area contributed by atoms with Crippen molar-refractivity contribution in [3.05, 3.63) is 120 Å². The standard InChI is InChI=1S/C32H33NO3/c1-34-31-16-13-27(22-32(31)36-29-9-5-6-10-29)30(21-24-17-19-33-20-18-24)26-11-14-28(15-12-26)35-23-25-7-3-2-4-8-25/h2-4,7-8,11-20,22,29-30H,5-6,9-10,21,23H2,1H3/t30-/m1/s1. The zero-order chi connectivity index (χ0) is 24.6. The van der Waals surface area contributed by atoms with Gasteiger partial charge < -0.3 is 14.2 Å². The minimum Gasteiger partial charge on any atom is -0.493 e. The summed E-state index contributed by atoms with van der Waals surface area (Å²) in [6.45, 7) is 0.557. The first kappa shape index (κ1) is 23.9. The molecule has 0 N–H and O–H groups in total. The van der Waals surface area contributed by atoms with Crippen molar-refractivity contribution in [1.29, 1.82) is 0 Å². The third-order valence-electron chi connectivity index (χ3n) is 6.91. The summed E-state index contributed by atoms with van der Waals surface area (Å²) in [5.74, 6) is 2.65. The molecular formula is C32H33NO3. The van der Waals surface area contributed by atoms with E-state index < -0.39 is 0 Å². The van der Waals surface area contributed by atoms with Crippen LogP contribution in [-0.4, -0.2) is 18.2 Å². The Morgan fingerprint density at radius 1 is 0.778 bits per heavy atom. The Bertz CT molecular complexity index is 1220. The average Bonchev–Trinajstić information content (AvgIpc) is 3.45. The van der Waals surface area contributed by atoms with Crippen molar-refractivity contribution in [3.63, 3.8) is 0 Å². The second-order valence-electron chi connectivity index (χ2n) is 9.39. The van der Waals surface area contributed by atoms with Gasteiger partial charge in [-0.2, -0.15) is 0 Å². The fourth-order valence-electron chi connectivity index (χ4n) is 4.91. The highest BCUT2D eigenvalue weighted by molar-refractivity contribution is 5.47. The summed E-state index contributed by atoms with van der Waals surface area (Å²) >= 11 is 0. The molecule has 4 heteroatoms. The first-order valence-corrected chi connectivity index (χ1v) is 12.8. The topological polar surface area (TPSA) is 40.6 Å². The molecule has 0 spiro atoms. The zero-order valence-electron chi connectivity index (χ0n) is 20.8. The van der Waals surface area contributed by atoms with Crippen LogP contribution in [0.4, 0.5) is 0 Å². The van der Waals surface area contributed by atoms with Gasteiger partial charge in [0.15, 0.2) is 11.5 Å². The normalized spacial score (nSPS) is 14.4. The van der Waals surface area contributed by atoms with Gasteiger partial charge in [0, 0.05) is 18.3 Å². The van der Waals surface area contributed by atoms with Gasteiger partial charge in [0.2, 0.25) is 0 Å². The summed E-state index contributed by atoms with van der Waals surface area (Å²) < 4.78 is 18.1. The molecule has 0 radical (unpaired) electrons. The number of pyridine rings is 1. The lowest BCUT2D eigenvalue weighted by Crippen LogP contribution is -2.12. The molecule has 0 aliphatic heterocycles. The lowest BCUT2D eigenvalue weighted by Gasteiger charge is -2.22. The van der Waals surface area contributed by atoms with Crippen molar-refractivity contribution in [2.45, 2.75) is 50.7 Å². The molecule has 0 bridgehead atoms. The van der Waals surface area contributed by atoms with Gasteiger partial charge in [0.05, 0.1) is 13.2 Å². The predicted octanol–water partition coefficient (Wildman–Crippen LogP) is 7.37. The summed E-state index contributed by atoms with van der Waals surface area (Å²) in [5, 5.41) is 0. The van der Waals surface area contributed by atoms with Crippen LogP contribution in [0.2, 0.25) is 0 Å². The van der Waals surface area contributed by atoms with E-state index in [9.17, 15) is 0 Å². The van der Waals surface area contributed by atoms with Crippen LogP contribution in [0, 0.1) is 0 Å². The van der Waals surface area contributed by atoms with E-state index in [4.69, 9.17) is 14.2 Å². The van der Waals surface area contributed by atoms with Gasteiger partial charge in [0.25, 0.3) is 0 Å². The number of rotatable bonds is 10. The number of methoxy groups -OCH3 is 1. The van der Waals surface area contributed by atoms with E-state index in [0.717, 1.165) is 42.1 Å². The molecule has 1 heterocycles. The smallest absolute Gasteiger partial charge is 0.161 e. The van der Waals surface area contributed by atoms with Crippen LogP contribution in [0.3, 0.4) is 0 Å². The van der Waals surface area contributed by atoms with E-state index in [0.29, 0.717) is 6.61 Å². The Balaban J connectivity index is 1.41. The van der Waals surface area contributed by atoms with Crippen molar-refractivity contribution in [2.75, 3.05) is 7.11 Å². The van der Waals surface area contributed by atoms with Gasteiger partial charge in [0.1, 0.15) is 12.4 Å². The summed E-state index contributed by atoms with van der Waals surface area (Å²) in [6.07, 6.45) is 9.53.